The standard InChI is InChI=1S/C25H32O7/c1-15-3-6-17(24-23(30)22(29)21(28)20(13-26)31-24)12-18(15)11-16-4-7-19(8-5-16)32-25(14-27)9-2-10-25/h3-8,12,20-24,26-30H,2,9-11,13-14H2,1H3/t20-,21-,22?,23-,24+/m1/s1. The van der Waals surface area contributed by atoms with Gasteiger partial charge in [0.25, 0.3) is 0 Å². The predicted molar refractivity (Wildman–Crippen MR) is 117 cm³/mol. The molecule has 1 heterocycles. The zero-order valence-electron chi connectivity index (χ0n) is 18.2. The van der Waals surface area contributed by atoms with Gasteiger partial charge in [-0.2, -0.15) is 0 Å². The molecule has 1 unspecified atom stereocenters. The van der Waals surface area contributed by atoms with Crippen LogP contribution in [-0.2, 0) is 11.2 Å². The van der Waals surface area contributed by atoms with Gasteiger partial charge in [0.2, 0.25) is 0 Å². The van der Waals surface area contributed by atoms with E-state index in [-0.39, 0.29) is 6.61 Å². The summed E-state index contributed by atoms with van der Waals surface area (Å²) in [6, 6.07) is 13.5. The van der Waals surface area contributed by atoms with E-state index in [1.54, 1.807) is 0 Å². The van der Waals surface area contributed by atoms with Crippen LogP contribution in [-0.4, -0.2) is 68.8 Å². The van der Waals surface area contributed by atoms with E-state index in [1.165, 1.54) is 0 Å². The lowest BCUT2D eigenvalue weighted by atomic mass is 9.80. The van der Waals surface area contributed by atoms with Crippen molar-refractivity contribution >= 4 is 0 Å². The number of hydrogen-bond acceptors (Lipinski definition) is 7. The van der Waals surface area contributed by atoms with Crippen LogP contribution in [0.15, 0.2) is 42.5 Å². The summed E-state index contributed by atoms with van der Waals surface area (Å²) in [7, 11) is 0. The maximum Gasteiger partial charge on any atom is 0.132 e. The average Bonchev–Trinajstić information content (AvgIpc) is 2.78. The van der Waals surface area contributed by atoms with E-state index in [2.05, 4.69) is 0 Å². The van der Waals surface area contributed by atoms with Crippen molar-refractivity contribution in [2.75, 3.05) is 13.2 Å². The zero-order valence-corrected chi connectivity index (χ0v) is 18.2. The summed E-state index contributed by atoms with van der Waals surface area (Å²) in [4.78, 5) is 0. The molecule has 2 aromatic carbocycles. The molecule has 174 valence electrons. The Labute approximate surface area is 187 Å². The number of aliphatic hydroxyl groups excluding tert-OH is 5. The predicted octanol–water partition coefficient (Wildman–Crippen LogP) is 1.39. The molecule has 0 spiro atoms. The molecule has 2 aromatic rings. The van der Waals surface area contributed by atoms with Crippen molar-refractivity contribution in [3.8, 4) is 5.75 Å². The number of ether oxygens (including phenoxy) is 2. The van der Waals surface area contributed by atoms with Crippen LogP contribution in [0.1, 0.15) is 47.6 Å². The first-order valence-electron chi connectivity index (χ1n) is 11.1. The number of rotatable bonds is 7. The maximum absolute atomic E-state index is 10.4. The second-order valence-electron chi connectivity index (χ2n) is 9.05. The van der Waals surface area contributed by atoms with Crippen molar-refractivity contribution in [3.05, 3.63) is 64.7 Å². The second-order valence-corrected chi connectivity index (χ2v) is 9.05. The molecule has 1 aliphatic heterocycles. The largest absolute Gasteiger partial charge is 0.485 e. The van der Waals surface area contributed by atoms with E-state index in [0.29, 0.717) is 12.0 Å². The molecule has 1 saturated carbocycles. The minimum Gasteiger partial charge on any atom is -0.485 e. The summed E-state index contributed by atoms with van der Waals surface area (Å²) < 4.78 is 11.7. The monoisotopic (exact) mass is 444 g/mol. The van der Waals surface area contributed by atoms with Crippen molar-refractivity contribution in [2.24, 2.45) is 0 Å². The van der Waals surface area contributed by atoms with Gasteiger partial charge in [-0.3, -0.25) is 0 Å². The van der Waals surface area contributed by atoms with Gasteiger partial charge in [-0.15, -0.1) is 0 Å². The highest BCUT2D eigenvalue weighted by Gasteiger charge is 2.44. The summed E-state index contributed by atoms with van der Waals surface area (Å²) in [5.74, 6) is 0.745. The molecule has 32 heavy (non-hydrogen) atoms. The molecule has 4 rings (SSSR count). The molecule has 0 aromatic heterocycles. The molecule has 0 amide bonds. The second kappa shape index (κ2) is 9.47. The summed E-state index contributed by atoms with van der Waals surface area (Å²) in [6.45, 7) is 1.58. The lowest BCUT2D eigenvalue weighted by Gasteiger charge is -2.40. The Balaban J connectivity index is 1.49. The fraction of sp³-hybridized carbons (Fsp3) is 0.520. The van der Waals surface area contributed by atoms with E-state index in [1.807, 2.05) is 49.4 Å². The maximum atomic E-state index is 10.4. The third kappa shape index (κ3) is 4.55. The van der Waals surface area contributed by atoms with Crippen LogP contribution >= 0.6 is 0 Å². The fourth-order valence-corrected chi connectivity index (χ4v) is 4.44. The Bertz CT molecular complexity index is 901. The van der Waals surface area contributed by atoms with Gasteiger partial charge < -0.3 is 35.0 Å². The van der Waals surface area contributed by atoms with Gasteiger partial charge in [0.1, 0.15) is 41.9 Å². The zero-order chi connectivity index (χ0) is 22.9. The first-order chi connectivity index (χ1) is 15.4. The number of hydrogen-bond donors (Lipinski definition) is 5. The van der Waals surface area contributed by atoms with Crippen LogP contribution in [0.5, 0.6) is 5.75 Å². The minimum absolute atomic E-state index is 0.0265. The van der Waals surface area contributed by atoms with Crippen molar-refractivity contribution in [1.29, 1.82) is 0 Å². The van der Waals surface area contributed by atoms with Gasteiger partial charge in [-0.05, 0) is 67.0 Å². The highest BCUT2D eigenvalue weighted by molar-refractivity contribution is 5.38. The summed E-state index contributed by atoms with van der Waals surface area (Å²) in [5, 5.41) is 49.6. The van der Waals surface area contributed by atoms with Crippen molar-refractivity contribution in [2.45, 2.75) is 68.7 Å². The first-order valence-corrected chi connectivity index (χ1v) is 11.1. The lowest BCUT2D eigenvalue weighted by molar-refractivity contribution is -0.231. The topological polar surface area (TPSA) is 120 Å². The molecule has 1 saturated heterocycles. The molecule has 2 aliphatic rings. The molecule has 1 aliphatic carbocycles. The van der Waals surface area contributed by atoms with E-state index in [9.17, 15) is 25.5 Å². The number of aliphatic hydroxyl groups is 5. The molecule has 0 radical (unpaired) electrons. The quantitative estimate of drug-likeness (QED) is 0.438. The van der Waals surface area contributed by atoms with Crippen LogP contribution in [0.25, 0.3) is 0 Å². The lowest BCUT2D eigenvalue weighted by Crippen LogP contribution is -2.55. The molecule has 7 nitrogen and oxygen atoms in total. The molecule has 5 N–H and O–H groups in total. The van der Waals surface area contributed by atoms with Crippen molar-refractivity contribution in [3.63, 3.8) is 0 Å². The van der Waals surface area contributed by atoms with E-state index in [0.717, 1.165) is 41.7 Å². The van der Waals surface area contributed by atoms with Crippen molar-refractivity contribution in [1.82, 2.24) is 0 Å². The van der Waals surface area contributed by atoms with Crippen LogP contribution in [0.2, 0.25) is 0 Å². The van der Waals surface area contributed by atoms with Gasteiger partial charge in [-0.1, -0.05) is 30.3 Å². The third-order valence-corrected chi connectivity index (χ3v) is 6.80. The normalized spacial score (nSPS) is 29.4. The summed E-state index contributed by atoms with van der Waals surface area (Å²) >= 11 is 0. The van der Waals surface area contributed by atoms with Gasteiger partial charge in [0.15, 0.2) is 0 Å². The third-order valence-electron chi connectivity index (χ3n) is 6.80. The Morgan fingerprint density at radius 2 is 1.69 bits per heavy atom. The number of benzene rings is 2. The van der Waals surface area contributed by atoms with E-state index < -0.39 is 42.7 Å². The van der Waals surface area contributed by atoms with Gasteiger partial charge in [0, 0.05) is 0 Å². The molecule has 7 heteroatoms. The minimum atomic E-state index is -1.40. The highest BCUT2D eigenvalue weighted by Crippen LogP contribution is 2.37. The number of aryl methyl sites for hydroxylation is 1. The smallest absolute Gasteiger partial charge is 0.132 e. The average molecular weight is 445 g/mol. The van der Waals surface area contributed by atoms with Crippen LogP contribution in [0.3, 0.4) is 0 Å². The Morgan fingerprint density at radius 3 is 2.28 bits per heavy atom. The summed E-state index contributed by atoms with van der Waals surface area (Å²) in [5.41, 5.74) is 3.44. The molecule has 2 fully saturated rings. The van der Waals surface area contributed by atoms with Crippen LogP contribution < -0.4 is 4.74 Å². The molecule has 5 atom stereocenters. The van der Waals surface area contributed by atoms with Crippen LogP contribution in [0.4, 0.5) is 0 Å². The van der Waals surface area contributed by atoms with Gasteiger partial charge in [0.05, 0.1) is 13.2 Å². The Kier molecular flexibility index (Phi) is 6.86. The van der Waals surface area contributed by atoms with E-state index >= 15 is 0 Å². The first kappa shape index (κ1) is 23.2. The SMILES string of the molecule is Cc1ccc([C@@H]2O[C@H](CO)[C@@H](O)C(O)[C@H]2O)cc1Cc1ccc(OC2(CO)CCC2)cc1. The fourth-order valence-electron chi connectivity index (χ4n) is 4.44. The highest BCUT2D eigenvalue weighted by atomic mass is 16.5. The Morgan fingerprint density at radius 1 is 0.969 bits per heavy atom. The van der Waals surface area contributed by atoms with Gasteiger partial charge >= 0.3 is 0 Å². The van der Waals surface area contributed by atoms with E-state index in [4.69, 9.17) is 9.47 Å². The molecule has 0 bridgehead atoms. The van der Waals surface area contributed by atoms with Crippen molar-refractivity contribution < 1.29 is 35.0 Å². The Hall–Kier alpha value is -2.00. The molecular formula is C25H32O7. The molecular weight excluding hydrogens is 412 g/mol. The summed E-state index contributed by atoms with van der Waals surface area (Å²) in [6.07, 6.45) is -2.39. The van der Waals surface area contributed by atoms with Crippen LogP contribution in [0, 0.1) is 6.92 Å². The van der Waals surface area contributed by atoms with Gasteiger partial charge in [-0.25, -0.2) is 0 Å².